The fraction of sp³-hybridized carbons (Fsp3) is 0.130. The molecule has 0 unspecified atom stereocenters. The minimum atomic E-state index is -0.261. The molecular weight excluding hydrogens is 352 g/mol. The van der Waals surface area contributed by atoms with Gasteiger partial charge in [0, 0.05) is 11.8 Å². The van der Waals surface area contributed by atoms with Crippen LogP contribution in [0.1, 0.15) is 22.3 Å². The number of hydrogen-bond acceptors (Lipinski definition) is 2. The van der Waals surface area contributed by atoms with Gasteiger partial charge in [-0.15, -0.1) is 0 Å². The highest BCUT2D eigenvalue weighted by atomic mass is 32.1. The van der Waals surface area contributed by atoms with E-state index < -0.39 is 0 Å². The summed E-state index contributed by atoms with van der Waals surface area (Å²) >= 11 is 5.30. The van der Waals surface area contributed by atoms with Crippen LogP contribution in [-0.4, -0.2) is 11.0 Å². The number of hydrogen-bond donors (Lipinski definition) is 2. The first-order valence-corrected chi connectivity index (χ1v) is 9.20. The predicted octanol–water partition coefficient (Wildman–Crippen LogP) is 5.29. The van der Waals surface area contributed by atoms with E-state index >= 15 is 0 Å². The molecule has 0 atom stereocenters. The van der Waals surface area contributed by atoms with Crippen molar-refractivity contribution >= 4 is 45.8 Å². The molecule has 4 heteroatoms. The third-order valence-corrected chi connectivity index (χ3v) is 4.59. The van der Waals surface area contributed by atoms with E-state index in [1.165, 1.54) is 11.6 Å². The highest BCUT2D eigenvalue weighted by molar-refractivity contribution is 7.80. The standard InChI is InChI=1S/C23H22N2OS/c1-15-13-16(2)22(17(3)14-15)25-23(27)24-21(26)12-11-19-9-6-8-18-7-4-5-10-20(18)19/h4-14H,1-3H3,(H2,24,25,26,27)/b12-11+. The molecule has 27 heavy (non-hydrogen) atoms. The van der Waals surface area contributed by atoms with Gasteiger partial charge >= 0.3 is 0 Å². The second kappa shape index (κ2) is 8.14. The van der Waals surface area contributed by atoms with Gasteiger partial charge in [-0.1, -0.05) is 60.2 Å². The van der Waals surface area contributed by atoms with E-state index in [4.69, 9.17) is 12.2 Å². The molecule has 1 amide bonds. The van der Waals surface area contributed by atoms with Crippen LogP contribution in [0.2, 0.25) is 0 Å². The number of carbonyl (C=O) groups is 1. The van der Waals surface area contributed by atoms with Gasteiger partial charge in [0.1, 0.15) is 0 Å². The molecule has 136 valence electrons. The van der Waals surface area contributed by atoms with Crippen molar-refractivity contribution in [1.29, 1.82) is 0 Å². The Labute approximate surface area is 165 Å². The minimum Gasteiger partial charge on any atom is -0.332 e. The van der Waals surface area contributed by atoms with Crippen molar-refractivity contribution in [2.24, 2.45) is 0 Å². The van der Waals surface area contributed by atoms with Crippen LogP contribution in [0.3, 0.4) is 0 Å². The Kier molecular flexibility index (Phi) is 5.67. The summed E-state index contributed by atoms with van der Waals surface area (Å²) in [6.45, 7) is 6.10. The Balaban J connectivity index is 1.69. The molecule has 3 aromatic rings. The molecule has 3 rings (SSSR count). The van der Waals surface area contributed by atoms with Gasteiger partial charge in [-0.25, -0.2) is 0 Å². The van der Waals surface area contributed by atoms with Gasteiger partial charge in [0.15, 0.2) is 5.11 Å². The number of nitrogens with one attached hydrogen (secondary N) is 2. The van der Waals surface area contributed by atoms with E-state index in [0.29, 0.717) is 0 Å². The fourth-order valence-electron chi connectivity index (χ4n) is 3.24. The molecule has 0 radical (unpaired) electrons. The largest absolute Gasteiger partial charge is 0.332 e. The summed E-state index contributed by atoms with van der Waals surface area (Å²) in [4.78, 5) is 12.3. The molecule has 3 aromatic carbocycles. The Morgan fingerprint density at radius 2 is 1.63 bits per heavy atom. The monoisotopic (exact) mass is 374 g/mol. The topological polar surface area (TPSA) is 41.1 Å². The van der Waals surface area contributed by atoms with Gasteiger partial charge < -0.3 is 5.32 Å². The second-order valence-corrected chi connectivity index (χ2v) is 7.03. The van der Waals surface area contributed by atoms with E-state index in [-0.39, 0.29) is 11.0 Å². The first-order valence-electron chi connectivity index (χ1n) is 8.79. The van der Waals surface area contributed by atoms with Crippen LogP contribution in [0.25, 0.3) is 16.8 Å². The first kappa shape index (κ1) is 18.8. The maximum Gasteiger partial charge on any atom is 0.250 e. The molecule has 0 saturated heterocycles. The van der Waals surface area contributed by atoms with Crippen LogP contribution < -0.4 is 10.6 Å². The normalized spacial score (nSPS) is 10.9. The summed E-state index contributed by atoms with van der Waals surface area (Å²) in [6, 6.07) is 18.3. The van der Waals surface area contributed by atoms with E-state index in [2.05, 4.69) is 41.8 Å². The molecule has 0 aliphatic heterocycles. The van der Waals surface area contributed by atoms with Gasteiger partial charge in [0.05, 0.1) is 0 Å². The molecule has 0 spiro atoms. The summed E-state index contributed by atoms with van der Waals surface area (Å²) in [5, 5.41) is 8.38. The van der Waals surface area contributed by atoms with Crippen molar-refractivity contribution in [3.05, 3.63) is 82.9 Å². The van der Waals surface area contributed by atoms with E-state index in [1.54, 1.807) is 0 Å². The van der Waals surface area contributed by atoms with Crippen LogP contribution in [0.4, 0.5) is 5.69 Å². The molecule has 0 aliphatic rings. The maximum absolute atomic E-state index is 12.3. The van der Waals surface area contributed by atoms with Gasteiger partial charge in [0.2, 0.25) is 5.91 Å². The van der Waals surface area contributed by atoms with Crippen LogP contribution in [0.15, 0.2) is 60.7 Å². The average Bonchev–Trinajstić information content (AvgIpc) is 2.63. The van der Waals surface area contributed by atoms with Crippen LogP contribution in [0.5, 0.6) is 0 Å². The number of carbonyl (C=O) groups excluding carboxylic acids is 1. The molecule has 0 bridgehead atoms. The van der Waals surface area contributed by atoms with Crippen LogP contribution in [0, 0.1) is 20.8 Å². The molecular formula is C23H22N2OS. The first-order chi connectivity index (χ1) is 12.9. The van der Waals surface area contributed by atoms with Crippen molar-refractivity contribution in [2.75, 3.05) is 5.32 Å². The fourth-order valence-corrected chi connectivity index (χ4v) is 3.44. The number of fused-ring (bicyclic) bond motifs is 1. The quantitative estimate of drug-likeness (QED) is 0.483. The SMILES string of the molecule is Cc1cc(C)c(NC(=S)NC(=O)/C=C/c2cccc3ccccc23)c(C)c1. The Morgan fingerprint density at radius 3 is 2.37 bits per heavy atom. The molecule has 2 N–H and O–H groups in total. The Hall–Kier alpha value is -2.98. The lowest BCUT2D eigenvalue weighted by Crippen LogP contribution is -2.33. The summed E-state index contributed by atoms with van der Waals surface area (Å²) in [5.74, 6) is -0.261. The van der Waals surface area contributed by atoms with E-state index in [0.717, 1.165) is 33.2 Å². The van der Waals surface area contributed by atoms with Gasteiger partial charge in [-0.3, -0.25) is 10.1 Å². The van der Waals surface area contributed by atoms with Crippen molar-refractivity contribution in [3.8, 4) is 0 Å². The van der Waals surface area contributed by atoms with E-state index in [1.807, 2.05) is 50.3 Å². The number of rotatable bonds is 3. The van der Waals surface area contributed by atoms with Crippen LogP contribution in [-0.2, 0) is 4.79 Å². The third-order valence-electron chi connectivity index (χ3n) is 4.39. The minimum absolute atomic E-state index is 0.261. The smallest absolute Gasteiger partial charge is 0.250 e. The zero-order valence-corrected chi connectivity index (χ0v) is 16.5. The second-order valence-electron chi connectivity index (χ2n) is 6.62. The Bertz CT molecular complexity index is 1020. The predicted molar refractivity (Wildman–Crippen MR) is 118 cm³/mol. The third kappa shape index (κ3) is 4.60. The lowest BCUT2D eigenvalue weighted by Gasteiger charge is -2.14. The lowest BCUT2D eigenvalue weighted by atomic mass is 10.0. The number of anilines is 1. The number of thiocarbonyl (C=S) groups is 1. The van der Waals surface area contributed by atoms with Gasteiger partial charge in [0.25, 0.3) is 0 Å². The zero-order chi connectivity index (χ0) is 19.4. The van der Waals surface area contributed by atoms with Crippen molar-refractivity contribution < 1.29 is 4.79 Å². The highest BCUT2D eigenvalue weighted by Gasteiger charge is 2.07. The van der Waals surface area contributed by atoms with Crippen molar-refractivity contribution in [3.63, 3.8) is 0 Å². The molecule has 0 heterocycles. The Morgan fingerprint density at radius 1 is 0.963 bits per heavy atom. The number of benzene rings is 3. The average molecular weight is 375 g/mol. The summed E-state index contributed by atoms with van der Waals surface area (Å²) in [5.41, 5.74) is 5.31. The van der Waals surface area contributed by atoms with Crippen LogP contribution >= 0.6 is 12.2 Å². The zero-order valence-electron chi connectivity index (χ0n) is 15.7. The number of amides is 1. The molecule has 3 nitrogen and oxygen atoms in total. The molecule has 0 aliphatic carbocycles. The highest BCUT2D eigenvalue weighted by Crippen LogP contribution is 2.22. The van der Waals surface area contributed by atoms with Gasteiger partial charge in [-0.05, 0) is 66.5 Å². The summed E-state index contributed by atoms with van der Waals surface area (Å²) in [6.07, 6.45) is 3.31. The molecule has 0 aromatic heterocycles. The lowest BCUT2D eigenvalue weighted by molar-refractivity contribution is -0.115. The summed E-state index contributed by atoms with van der Waals surface area (Å²) < 4.78 is 0. The van der Waals surface area contributed by atoms with Crippen molar-refractivity contribution in [2.45, 2.75) is 20.8 Å². The van der Waals surface area contributed by atoms with Crippen molar-refractivity contribution in [1.82, 2.24) is 5.32 Å². The molecule has 0 saturated carbocycles. The van der Waals surface area contributed by atoms with Gasteiger partial charge in [-0.2, -0.15) is 0 Å². The van der Waals surface area contributed by atoms with E-state index in [9.17, 15) is 4.79 Å². The molecule has 0 fully saturated rings. The maximum atomic E-state index is 12.3. The number of aryl methyl sites for hydroxylation is 3. The summed E-state index contributed by atoms with van der Waals surface area (Å²) in [7, 11) is 0.